The van der Waals surface area contributed by atoms with Gasteiger partial charge in [0, 0.05) is 89.5 Å². The molecule has 95 heavy (non-hydrogen) atoms. The zero-order chi connectivity index (χ0) is 69.0. The van der Waals surface area contributed by atoms with E-state index in [-0.39, 0.29) is 71.2 Å². The van der Waals surface area contributed by atoms with Crippen molar-refractivity contribution >= 4 is 75.0 Å². The predicted molar refractivity (Wildman–Crippen MR) is 359 cm³/mol. The Balaban J connectivity index is 0.928. The maximum Gasteiger partial charge on any atom is 0.294 e. The second kappa shape index (κ2) is 28.8. The number of benzene rings is 4. The SMILES string of the molecule is CCN(CC)C(=O)Cc1c(-c2ccc(OCCNC(=O)CCCCC[N+]3=C(/C=C/C4=C(Oc5ccc(S(=O)(=O)O)cc5)C(=C/C=C5/N(CCCCS(=O)(=O)O)c6ccc(S(=O)(=O)O)cc6C5(C)C)/CCC4)C(C)(C)c4cc(S(=O)(=O)[O-])ccc43)cc2)nn2c(C)cc(C)nc12. The van der Waals surface area contributed by atoms with Gasteiger partial charge in [0.2, 0.25) is 17.5 Å². The molecule has 4 aromatic carbocycles. The molecule has 0 saturated carbocycles. The Labute approximate surface area is 556 Å². The number of nitrogens with zero attached hydrogens (tertiary/aromatic N) is 6. The Morgan fingerprint density at radius 1 is 0.747 bits per heavy atom. The zero-order valence-corrected chi connectivity index (χ0v) is 57.7. The van der Waals surface area contributed by atoms with E-state index in [1.54, 1.807) is 21.5 Å². The van der Waals surface area contributed by atoms with Crippen LogP contribution in [0.4, 0.5) is 11.4 Å². The highest BCUT2D eigenvalue weighted by Crippen LogP contribution is 2.49. The van der Waals surface area contributed by atoms with Crippen LogP contribution in [0.5, 0.6) is 11.5 Å². The molecule has 27 heteroatoms. The van der Waals surface area contributed by atoms with Crippen molar-refractivity contribution in [3.05, 3.63) is 166 Å². The summed E-state index contributed by atoms with van der Waals surface area (Å²) in [6.45, 7) is 17.8. The maximum absolute atomic E-state index is 13.4. The first-order valence-electron chi connectivity index (χ1n) is 31.5. The summed E-state index contributed by atoms with van der Waals surface area (Å²) in [5, 5.41) is 7.83. The van der Waals surface area contributed by atoms with Gasteiger partial charge in [-0.15, -0.1) is 0 Å². The van der Waals surface area contributed by atoms with Gasteiger partial charge in [0.05, 0.1) is 44.5 Å². The van der Waals surface area contributed by atoms with Gasteiger partial charge in [-0.2, -0.15) is 34.9 Å². The third-order valence-electron chi connectivity index (χ3n) is 17.6. The normalized spacial score (nSPS) is 16.5. The van der Waals surface area contributed by atoms with Crippen LogP contribution in [0.1, 0.15) is 127 Å². The van der Waals surface area contributed by atoms with Crippen molar-refractivity contribution in [1.82, 2.24) is 24.8 Å². The number of hydrogen-bond donors (Lipinski definition) is 4. The molecule has 0 radical (unpaired) electrons. The van der Waals surface area contributed by atoms with Gasteiger partial charge in [-0.25, -0.2) is 17.9 Å². The van der Waals surface area contributed by atoms with Crippen LogP contribution < -0.4 is 19.7 Å². The van der Waals surface area contributed by atoms with Crippen molar-refractivity contribution in [1.29, 1.82) is 0 Å². The number of carbonyl (C=O) groups excluding carboxylic acids is 2. The van der Waals surface area contributed by atoms with Crippen LogP contribution in [0.2, 0.25) is 0 Å². The summed E-state index contributed by atoms with van der Waals surface area (Å²) in [5.74, 6) is 0.631. The number of aromatic nitrogens is 3. The minimum atomic E-state index is -4.84. The quantitative estimate of drug-likeness (QED) is 0.0201. The van der Waals surface area contributed by atoms with E-state index < -0.39 is 57.1 Å². The van der Waals surface area contributed by atoms with E-state index >= 15 is 0 Å². The summed E-state index contributed by atoms with van der Waals surface area (Å²) in [6.07, 6.45) is 11.9. The molecule has 508 valence electrons. The van der Waals surface area contributed by atoms with Crippen LogP contribution >= 0.6 is 0 Å². The van der Waals surface area contributed by atoms with Crippen LogP contribution in [-0.2, 0) is 67.3 Å². The molecule has 4 N–H and O–H groups in total. The van der Waals surface area contributed by atoms with Gasteiger partial charge < -0.3 is 29.1 Å². The number of likely N-dealkylation sites (N-methyl/N-ethyl adjacent to an activating group) is 1. The van der Waals surface area contributed by atoms with Gasteiger partial charge in [-0.05, 0) is 200 Å². The highest BCUT2D eigenvalue weighted by atomic mass is 32.2. The molecule has 0 fully saturated rings. The first-order valence-corrected chi connectivity index (χ1v) is 37.4. The molecule has 2 aromatic heterocycles. The highest BCUT2D eigenvalue weighted by molar-refractivity contribution is 7.86. The number of hydrogen-bond acceptors (Lipinski definition) is 16. The first-order chi connectivity index (χ1) is 44.7. The standard InChI is InChI=1S/C68H81N7O16S4/c1-9-72(10-2)63(77)44-55-64(71-75-46(4)41-45(3)70-66(55)75)47-20-24-50(25-21-47)90-39-36-69-62(76)19-12-11-13-37-73-58-32-30-53(94(84,85)86)42-56(58)67(5,6)60(73)34-22-48-17-16-18-49(65(48)91-51-26-28-52(29-27-51)93(81,82)83)23-35-61-68(7,8)57-43-54(95(87,88)89)31-33-59(57)74(61)38-14-15-40-92(78,79)80/h20-35,41-43H,9-19,36-40,44H2,1-8H3,(H4-,69,76,78,79,80,81,82,83,84,85,86,87,88,89). The Bertz CT molecular complexity index is 4590. The number of ether oxygens (including phenoxy) is 2. The summed E-state index contributed by atoms with van der Waals surface area (Å²) in [6, 6.07) is 23.2. The Morgan fingerprint density at radius 3 is 2.07 bits per heavy atom. The van der Waals surface area contributed by atoms with E-state index in [0.717, 1.165) is 33.8 Å². The summed E-state index contributed by atoms with van der Waals surface area (Å²) < 4.78 is 155. The molecular formula is C68H81N7O16S4. The number of unbranched alkanes of at least 4 members (excludes halogenated alkanes) is 3. The minimum absolute atomic E-state index is 0.00847. The third kappa shape index (κ3) is 16.7. The zero-order valence-electron chi connectivity index (χ0n) is 54.5. The topological polar surface area (TPSA) is 325 Å². The highest BCUT2D eigenvalue weighted by Gasteiger charge is 2.45. The number of aryl methyl sites for hydroxylation is 2. The molecule has 2 amide bonds. The molecule has 0 spiro atoms. The molecule has 4 heterocycles. The average Bonchev–Trinajstić information content (AvgIpc) is 1.60. The number of nitrogens with one attached hydrogen (secondary N) is 1. The van der Waals surface area contributed by atoms with Crippen LogP contribution in [0, 0.1) is 13.8 Å². The third-order valence-corrected chi connectivity index (χ3v) is 20.9. The van der Waals surface area contributed by atoms with Gasteiger partial charge in [-0.1, -0.05) is 19.9 Å². The lowest BCUT2D eigenvalue weighted by Crippen LogP contribution is -2.31. The lowest BCUT2D eigenvalue weighted by atomic mass is 9.81. The smallest absolute Gasteiger partial charge is 0.294 e. The lowest BCUT2D eigenvalue weighted by Gasteiger charge is -2.27. The molecule has 0 unspecified atom stereocenters. The van der Waals surface area contributed by atoms with Crippen molar-refractivity contribution in [2.75, 3.05) is 50.0 Å². The predicted octanol–water partition coefficient (Wildman–Crippen LogP) is 10.3. The van der Waals surface area contributed by atoms with E-state index in [2.05, 4.69) is 9.89 Å². The van der Waals surface area contributed by atoms with Crippen LogP contribution in [0.25, 0.3) is 16.9 Å². The largest absolute Gasteiger partial charge is 0.744 e. The Hall–Kier alpha value is -7.89. The van der Waals surface area contributed by atoms with E-state index in [0.29, 0.717) is 121 Å². The van der Waals surface area contributed by atoms with Crippen LogP contribution in [-0.4, -0.2) is 139 Å². The van der Waals surface area contributed by atoms with Crippen molar-refractivity contribution in [2.24, 2.45) is 0 Å². The van der Waals surface area contributed by atoms with E-state index in [4.69, 9.17) is 19.6 Å². The number of rotatable bonds is 28. The molecule has 6 aromatic rings. The molecule has 3 aliphatic rings. The number of amides is 2. The van der Waals surface area contributed by atoms with Crippen LogP contribution in [0.15, 0.2) is 153 Å². The molecule has 23 nitrogen and oxygen atoms in total. The Kier molecular flexibility index (Phi) is 21.7. The Morgan fingerprint density at radius 2 is 1.41 bits per heavy atom. The molecule has 0 bridgehead atoms. The average molecular weight is 1380 g/mol. The summed E-state index contributed by atoms with van der Waals surface area (Å²) in [5.41, 5.74) is 8.27. The molecule has 0 saturated heterocycles. The number of anilines is 1. The number of fused-ring (bicyclic) bond motifs is 3. The summed E-state index contributed by atoms with van der Waals surface area (Å²) in [7, 11) is -18.2. The molecule has 0 atom stereocenters. The van der Waals surface area contributed by atoms with Crippen molar-refractivity contribution in [3.8, 4) is 22.8 Å². The monoisotopic (exact) mass is 1380 g/mol. The van der Waals surface area contributed by atoms with Gasteiger partial charge in [0.15, 0.2) is 11.4 Å². The lowest BCUT2D eigenvalue weighted by molar-refractivity contribution is -0.438. The van der Waals surface area contributed by atoms with Gasteiger partial charge >= 0.3 is 0 Å². The summed E-state index contributed by atoms with van der Waals surface area (Å²) >= 11 is 0. The summed E-state index contributed by atoms with van der Waals surface area (Å²) in [4.78, 5) is 34.0. The van der Waals surface area contributed by atoms with E-state index in [9.17, 15) is 61.5 Å². The number of allylic oxidation sites excluding steroid dienone is 7. The minimum Gasteiger partial charge on any atom is -0.744 e. The van der Waals surface area contributed by atoms with E-state index in [1.807, 2.05) is 115 Å². The van der Waals surface area contributed by atoms with Crippen molar-refractivity contribution < 1.29 is 75.5 Å². The fourth-order valence-electron chi connectivity index (χ4n) is 12.7. The second-order valence-corrected chi connectivity index (χ2v) is 30.7. The van der Waals surface area contributed by atoms with Crippen molar-refractivity contribution in [2.45, 2.75) is 145 Å². The fourth-order valence-corrected chi connectivity index (χ4v) is 14.7. The maximum atomic E-state index is 13.4. The fraction of sp³-hybridized carbons (Fsp3) is 0.397. The van der Waals surface area contributed by atoms with Crippen molar-refractivity contribution in [3.63, 3.8) is 0 Å². The first kappa shape index (κ1) is 71.4. The second-order valence-electron chi connectivity index (χ2n) is 24.9. The van der Waals surface area contributed by atoms with E-state index in [1.165, 1.54) is 48.5 Å². The van der Waals surface area contributed by atoms with Gasteiger partial charge in [-0.3, -0.25) is 23.2 Å². The number of carbonyl (C=O) groups is 2. The molecule has 9 rings (SSSR count). The van der Waals surface area contributed by atoms with Gasteiger partial charge in [0.1, 0.15) is 40.5 Å². The molecular weight excluding hydrogens is 1300 g/mol. The molecule has 2 aliphatic heterocycles. The molecule has 1 aliphatic carbocycles. The van der Waals surface area contributed by atoms with Gasteiger partial charge in [0.25, 0.3) is 30.4 Å². The van der Waals surface area contributed by atoms with Crippen LogP contribution in [0.3, 0.4) is 0 Å².